The first-order valence-corrected chi connectivity index (χ1v) is 5.79. The van der Waals surface area contributed by atoms with Gasteiger partial charge in [-0.05, 0) is 38.1 Å². The number of nitrogens with two attached hydrogens (primary N) is 1. The minimum absolute atomic E-state index is 0.119. The van der Waals surface area contributed by atoms with Crippen molar-refractivity contribution in [3.05, 3.63) is 28.7 Å². The zero-order valence-corrected chi connectivity index (χ0v) is 10.3. The Bertz CT molecular complexity index is 269. The molecule has 0 spiro atoms. The lowest BCUT2D eigenvalue weighted by Crippen LogP contribution is -2.26. The quantitative estimate of drug-likeness (QED) is 0.844. The highest BCUT2D eigenvalue weighted by Crippen LogP contribution is 2.31. The Morgan fingerprint density at radius 3 is 2.31 bits per heavy atom. The van der Waals surface area contributed by atoms with Crippen LogP contribution in [0.1, 0.15) is 13.8 Å². The molecule has 0 saturated carbocycles. The van der Waals surface area contributed by atoms with E-state index in [0.717, 1.165) is 4.47 Å². The van der Waals surface area contributed by atoms with Crippen LogP contribution in [0.15, 0.2) is 33.6 Å². The summed E-state index contributed by atoms with van der Waals surface area (Å²) in [6.07, 6.45) is 0. The average Bonchev–Trinajstić information content (AvgIpc) is 2.09. The van der Waals surface area contributed by atoms with E-state index in [1.165, 1.54) is 4.90 Å². The van der Waals surface area contributed by atoms with Crippen LogP contribution in [0.25, 0.3) is 0 Å². The van der Waals surface area contributed by atoms with Crippen LogP contribution >= 0.6 is 27.7 Å². The maximum absolute atomic E-state index is 5.65. The Morgan fingerprint density at radius 1 is 1.31 bits per heavy atom. The van der Waals surface area contributed by atoms with Crippen molar-refractivity contribution in [2.24, 2.45) is 5.73 Å². The molecule has 1 nitrogen and oxygen atoms in total. The minimum atomic E-state index is 0.119. The van der Waals surface area contributed by atoms with E-state index in [1.54, 1.807) is 0 Å². The van der Waals surface area contributed by atoms with Crippen molar-refractivity contribution in [3.63, 3.8) is 0 Å². The Morgan fingerprint density at radius 2 is 1.85 bits per heavy atom. The van der Waals surface area contributed by atoms with Crippen molar-refractivity contribution in [2.75, 3.05) is 6.54 Å². The van der Waals surface area contributed by atoms with Gasteiger partial charge >= 0.3 is 0 Å². The predicted molar refractivity (Wildman–Crippen MR) is 63.1 cm³/mol. The number of benzene rings is 1. The second kappa shape index (κ2) is 4.49. The number of thioether (sulfide) groups is 1. The zero-order chi connectivity index (χ0) is 9.90. The van der Waals surface area contributed by atoms with Crippen molar-refractivity contribution >= 4 is 27.7 Å². The van der Waals surface area contributed by atoms with Gasteiger partial charge in [-0.25, -0.2) is 0 Å². The molecule has 72 valence electrons. The molecule has 1 aromatic rings. The van der Waals surface area contributed by atoms with Crippen molar-refractivity contribution in [2.45, 2.75) is 23.5 Å². The maximum atomic E-state index is 5.65. The van der Waals surface area contributed by atoms with Crippen LogP contribution < -0.4 is 5.73 Å². The van der Waals surface area contributed by atoms with Crippen LogP contribution in [0.5, 0.6) is 0 Å². The molecule has 1 aromatic carbocycles. The fraction of sp³-hybridized carbons (Fsp3) is 0.400. The molecule has 0 unspecified atom stereocenters. The first-order valence-electron chi connectivity index (χ1n) is 4.18. The molecule has 0 atom stereocenters. The second-order valence-electron chi connectivity index (χ2n) is 3.52. The van der Waals surface area contributed by atoms with Crippen molar-refractivity contribution in [1.29, 1.82) is 0 Å². The lowest BCUT2D eigenvalue weighted by atomic mass is 10.2. The molecular weight excluding hydrogens is 246 g/mol. The lowest BCUT2D eigenvalue weighted by molar-refractivity contribution is 0.723. The van der Waals surface area contributed by atoms with Crippen molar-refractivity contribution in [1.82, 2.24) is 0 Å². The van der Waals surface area contributed by atoms with Crippen molar-refractivity contribution < 1.29 is 0 Å². The van der Waals surface area contributed by atoms with Gasteiger partial charge in [0.2, 0.25) is 0 Å². The SMILES string of the molecule is CC(C)(CN)Sc1ccc(Br)cc1. The van der Waals surface area contributed by atoms with E-state index in [-0.39, 0.29) is 4.75 Å². The highest BCUT2D eigenvalue weighted by molar-refractivity contribution is 9.10. The number of hydrogen-bond donors (Lipinski definition) is 1. The minimum Gasteiger partial charge on any atom is -0.329 e. The highest BCUT2D eigenvalue weighted by Gasteiger charge is 2.16. The van der Waals surface area contributed by atoms with Crippen LogP contribution in [-0.4, -0.2) is 11.3 Å². The van der Waals surface area contributed by atoms with Gasteiger partial charge < -0.3 is 5.73 Å². The molecule has 0 aliphatic heterocycles. The van der Waals surface area contributed by atoms with Gasteiger partial charge in [0, 0.05) is 20.7 Å². The molecule has 0 heterocycles. The summed E-state index contributed by atoms with van der Waals surface area (Å²) in [6, 6.07) is 8.31. The summed E-state index contributed by atoms with van der Waals surface area (Å²) in [5, 5.41) is 0. The third-order valence-electron chi connectivity index (χ3n) is 1.70. The highest BCUT2D eigenvalue weighted by atomic mass is 79.9. The van der Waals surface area contributed by atoms with Gasteiger partial charge in [-0.3, -0.25) is 0 Å². The molecule has 0 amide bonds. The first-order chi connectivity index (χ1) is 6.03. The topological polar surface area (TPSA) is 26.0 Å². The molecule has 0 fully saturated rings. The Hall–Kier alpha value is 0.01000. The zero-order valence-electron chi connectivity index (χ0n) is 7.88. The number of rotatable bonds is 3. The summed E-state index contributed by atoms with van der Waals surface area (Å²) < 4.78 is 1.23. The van der Waals surface area contributed by atoms with E-state index in [4.69, 9.17) is 5.73 Å². The monoisotopic (exact) mass is 259 g/mol. The summed E-state index contributed by atoms with van der Waals surface area (Å²) >= 11 is 5.22. The van der Waals surface area contributed by atoms with Gasteiger partial charge in [0.25, 0.3) is 0 Å². The molecule has 1 rings (SSSR count). The molecule has 0 radical (unpaired) electrons. The molecule has 0 aromatic heterocycles. The second-order valence-corrected chi connectivity index (χ2v) is 6.22. The van der Waals surface area contributed by atoms with Crippen LogP contribution in [0, 0.1) is 0 Å². The molecule has 3 heteroatoms. The van der Waals surface area contributed by atoms with Crippen LogP contribution in [0.3, 0.4) is 0 Å². The van der Waals surface area contributed by atoms with Crippen LogP contribution in [-0.2, 0) is 0 Å². The van der Waals surface area contributed by atoms with E-state index >= 15 is 0 Å². The van der Waals surface area contributed by atoms with Gasteiger partial charge in [0.05, 0.1) is 0 Å². The van der Waals surface area contributed by atoms with Crippen LogP contribution in [0.2, 0.25) is 0 Å². The normalized spacial score (nSPS) is 11.7. The van der Waals surface area contributed by atoms with Crippen LogP contribution in [0.4, 0.5) is 0 Å². The summed E-state index contributed by atoms with van der Waals surface area (Å²) in [6.45, 7) is 4.99. The molecule has 0 bridgehead atoms. The smallest absolute Gasteiger partial charge is 0.0273 e. The Labute approximate surface area is 92.2 Å². The molecule has 2 N–H and O–H groups in total. The van der Waals surface area contributed by atoms with Gasteiger partial charge in [-0.15, -0.1) is 11.8 Å². The average molecular weight is 260 g/mol. The molecular formula is C10H14BrNS. The standard InChI is InChI=1S/C10H14BrNS/c1-10(2,7-12)13-9-5-3-8(11)4-6-9/h3-6H,7,12H2,1-2H3. The Kier molecular flexibility index (Phi) is 3.83. The fourth-order valence-corrected chi connectivity index (χ4v) is 2.12. The third kappa shape index (κ3) is 3.71. The van der Waals surface area contributed by atoms with Gasteiger partial charge in [0.1, 0.15) is 0 Å². The molecule has 0 aliphatic rings. The molecule has 0 aliphatic carbocycles. The Balaban J connectivity index is 2.69. The maximum Gasteiger partial charge on any atom is 0.0273 e. The first kappa shape index (κ1) is 11.1. The van der Waals surface area contributed by atoms with Gasteiger partial charge in [0.15, 0.2) is 0 Å². The summed E-state index contributed by atoms with van der Waals surface area (Å²) in [7, 11) is 0. The third-order valence-corrected chi connectivity index (χ3v) is 3.46. The largest absolute Gasteiger partial charge is 0.329 e. The van der Waals surface area contributed by atoms with E-state index in [1.807, 2.05) is 11.8 Å². The summed E-state index contributed by atoms with van der Waals surface area (Å²) in [5.74, 6) is 0. The van der Waals surface area contributed by atoms with Crippen molar-refractivity contribution in [3.8, 4) is 0 Å². The van der Waals surface area contributed by atoms with E-state index in [9.17, 15) is 0 Å². The molecule has 13 heavy (non-hydrogen) atoms. The van der Waals surface area contributed by atoms with E-state index in [0.29, 0.717) is 6.54 Å². The number of hydrogen-bond acceptors (Lipinski definition) is 2. The number of halogens is 1. The summed E-state index contributed by atoms with van der Waals surface area (Å²) in [5.41, 5.74) is 5.65. The summed E-state index contributed by atoms with van der Waals surface area (Å²) in [4.78, 5) is 1.26. The van der Waals surface area contributed by atoms with E-state index in [2.05, 4.69) is 54.0 Å². The predicted octanol–water partition coefficient (Wildman–Crippen LogP) is 3.28. The van der Waals surface area contributed by atoms with E-state index < -0.39 is 0 Å². The lowest BCUT2D eigenvalue weighted by Gasteiger charge is -2.21. The van der Waals surface area contributed by atoms with Gasteiger partial charge in [-0.1, -0.05) is 15.9 Å². The molecule has 0 saturated heterocycles. The fourth-order valence-electron chi connectivity index (χ4n) is 0.863. The van der Waals surface area contributed by atoms with Gasteiger partial charge in [-0.2, -0.15) is 0 Å².